The molecule has 2 aliphatic rings. The molecule has 0 fully saturated rings. The maximum absolute atomic E-state index is 13.1. The molecule has 10 nitrogen and oxygen atoms in total. The van der Waals surface area contributed by atoms with Crippen molar-refractivity contribution >= 4 is 29.3 Å². The summed E-state index contributed by atoms with van der Waals surface area (Å²) in [5.74, 6) is -2.65. The molecule has 0 aromatic heterocycles. The van der Waals surface area contributed by atoms with E-state index in [1.54, 1.807) is 48.5 Å². The number of fused-ring (bicyclic) bond motifs is 1. The molecule has 10 heteroatoms. The Labute approximate surface area is 195 Å². The van der Waals surface area contributed by atoms with Gasteiger partial charge in [-0.25, -0.2) is 14.4 Å². The van der Waals surface area contributed by atoms with Gasteiger partial charge in [0.15, 0.2) is 0 Å². The van der Waals surface area contributed by atoms with Crippen LogP contribution in [0.15, 0.2) is 71.2 Å². The van der Waals surface area contributed by atoms with Gasteiger partial charge in [-0.3, -0.25) is 4.90 Å². The molecule has 1 atom stereocenters. The molecule has 4 N–H and O–H groups in total. The van der Waals surface area contributed by atoms with Crippen LogP contribution in [0, 0.1) is 11.3 Å². The molecule has 2 aromatic rings. The monoisotopic (exact) mass is 459 g/mol. The number of nitrogens with one attached hydrogen (secondary N) is 2. The van der Waals surface area contributed by atoms with Crippen LogP contribution >= 0.6 is 0 Å². The number of nitrogens with two attached hydrogens (primary N) is 1. The number of carbonyl (C=O) groups excluding carboxylic acids is 3. The van der Waals surface area contributed by atoms with E-state index < -0.39 is 17.9 Å². The van der Waals surface area contributed by atoms with Crippen LogP contribution in [0.2, 0.25) is 0 Å². The summed E-state index contributed by atoms with van der Waals surface area (Å²) in [5.41, 5.74) is 8.39. The number of rotatable bonds is 4. The van der Waals surface area contributed by atoms with Crippen LogP contribution in [-0.4, -0.2) is 32.2 Å². The van der Waals surface area contributed by atoms with Gasteiger partial charge < -0.3 is 25.8 Å². The third kappa shape index (κ3) is 3.59. The van der Waals surface area contributed by atoms with E-state index in [-0.39, 0.29) is 35.2 Å². The molecule has 172 valence electrons. The second-order valence-electron chi connectivity index (χ2n) is 7.45. The number of nitriles is 1. The average Bonchev–Trinajstić information content (AvgIpc) is 2.87. The van der Waals surface area contributed by atoms with E-state index >= 15 is 0 Å². The number of hydrogen-bond acceptors (Lipinski definition) is 8. The number of ether oxygens (including phenoxy) is 2. The fourth-order valence-corrected chi connectivity index (χ4v) is 4.19. The van der Waals surface area contributed by atoms with Crippen molar-refractivity contribution in [1.29, 1.82) is 5.26 Å². The summed E-state index contributed by atoms with van der Waals surface area (Å²) < 4.78 is 10.1. The van der Waals surface area contributed by atoms with Gasteiger partial charge in [0.1, 0.15) is 11.5 Å². The number of anilines is 2. The number of hydrogen-bond donors (Lipinski definition) is 3. The molecule has 2 aliphatic heterocycles. The fourth-order valence-electron chi connectivity index (χ4n) is 4.19. The molecule has 2 aromatic carbocycles. The minimum atomic E-state index is -0.957. The van der Waals surface area contributed by atoms with Gasteiger partial charge in [0.2, 0.25) is 0 Å². The smallest absolute Gasteiger partial charge is 0.355 e. The summed E-state index contributed by atoms with van der Waals surface area (Å²) in [7, 11) is 2.37. The summed E-state index contributed by atoms with van der Waals surface area (Å²) in [4.78, 5) is 39.4. The number of carbonyl (C=O) groups is 3. The van der Waals surface area contributed by atoms with E-state index in [2.05, 4.69) is 16.7 Å². The number of esters is 2. The molecule has 0 spiro atoms. The summed E-state index contributed by atoms with van der Waals surface area (Å²) in [5, 5.41) is 15.5. The highest BCUT2D eigenvalue weighted by molar-refractivity contribution is 6.07. The van der Waals surface area contributed by atoms with Crippen molar-refractivity contribution in [3.05, 3.63) is 82.3 Å². The molecule has 0 saturated heterocycles. The van der Waals surface area contributed by atoms with Gasteiger partial charge in [0, 0.05) is 17.8 Å². The minimum absolute atomic E-state index is 0.0466. The van der Waals surface area contributed by atoms with E-state index in [4.69, 9.17) is 15.2 Å². The van der Waals surface area contributed by atoms with Crippen molar-refractivity contribution in [3.63, 3.8) is 0 Å². The van der Waals surface area contributed by atoms with Crippen molar-refractivity contribution in [1.82, 2.24) is 5.32 Å². The van der Waals surface area contributed by atoms with Crippen LogP contribution in [0.25, 0.3) is 0 Å². The molecule has 4 rings (SSSR count). The number of urea groups is 1. The second-order valence-corrected chi connectivity index (χ2v) is 7.45. The van der Waals surface area contributed by atoms with Crippen LogP contribution in [0.3, 0.4) is 0 Å². The van der Waals surface area contributed by atoms with Crippen molar-refractivity contribution in [2.45, 2.75) is 12.5 Å². The molecular weight excluding hydrogens is 438 g/mol. The first-order valence-corrected chi connectivity index (χ1v) is 10.2. The molecule has 2 amide bonds. The molecule has 0 radical (unpaired) electrons. The SMILES string of the molecule is COC(=O)C1=C(C(=O)OC)N(c2cccc3c2CNC(=O)N3)C(N)=C(C#N)C1c1ccccc1. The lowest BCUT2D eigenvalue weighted by Gasteiger charge is -2.37. The lowest BCUT2D eigenvalue weighted by atomic mass is 9.80. The Morgan fingerprint density at radius 3 is 2.44 bits per heavy atom. The van der Waals surface area contributed by atoms with E-state index in [1.165, 1.54) is 19.1 Å². The number of amides is 2. The lowest BCUT2D eigenvalue weighted by molar-refractivity contribution is -0.139. The fraction of sp³-hybridized carbons (Fsp3) is 0.167. The lowest BCUT2D eigenvalue weighted by Crippen LogP contribution is -2.42. The molecule has 1 unspecified atom stereocenters. The standard InChI is InChI=1S/C24H21N5O5/c1-33-22(30)19-18(13-7-4-3-5-8-13)14(11-25)21(26)29(20(19)23(31)34-2)17-10-6-9-16-15(17)12-27-24(32)28-16/h3-10,18H,12,26H2,1-2H3,(H2,27,28,32). The molecule has 0 bridgehead atoms. The average molecular weight is 459 g/mol. The summed E-state index contributed by atoms with van der Waals surface area (Å²) >= 11 is 0. The maximum Gasteiger partial charge on any atom is 0.355 e. The molecule has 0 saturated carbocycles. The van der Waals surface area contributed by atoms with Gasteiger partial charge in [0.05, 0.1) is 43.0 Å². The Hall–Kier alpha value is -4.78. The first-order valence-electron chi connectivity index (χ1n) is 10.2. The minimum Gasteiger partial charge on any atom is -0.466 e. The van der Waals surface area contributed by atoms with Crippen LogP contribution in [-0.2, 0) is 25.6 Å². The zero-order valence-corrected chi connectivity index (χ0v) is 18.4. The summed E-state index contributed by atoms with van der Waals surface area (Å²) in [6.07, 6.45) is 0. The zero-order valence-electron chi connectivity index (χ0n) is 18.4. The van der Waals surface area contributed by atoms with E-state index in [0.29, 0.717) is 22.5 Å². The Kier molecular flexibility index (Phi) is 5.93. The number of benzene rings is 2. The van der Waals surface area contributed by atoms with Crippen LogP contribution < -0.4 is 21.3 Å². The maximum atomic E-state index is 13.1. The Morgan fingerprint density at radius 1 is 1.09 bits per heavy atom. The van der Waals surface area contributed by atoms with E-state index in [0.717, 1.165) is 0 Å². The van der Waals surface area contributed by atoms with Crippen molar-refractivity contribution < 1.29 is 23.9 Å². The van der Waals surface area contributed by atoms with Gasteiger partial charge in [-0.1, -0.05) is 36.4 Å². The summed E-state index contributed by atoms with van der Waals surface area (Å²) in [6, 6.07) is 15.5. The van der Waals surface area contributed by atoms with E-state index in [1.807, 2.05) is 0 Å². The van der Waals surface area contributed by atoms with Gasteiger partial charge in [-0.2, -0.15) is 5.26 Å². The Balaban J connectivity index is 2.06. The Bertz CT molecular complexity index is 1290. The van der Waals surface area contributed by atoms with Gasteiger partial charge in [-0.05, 0) is 17.7 Å². The number of allylic oxidation sites excluding steroid dienone is 1. The zero-order chi connectivity index (χ0) is 24.4. The first-order chi connectivity index (χ1) is 16.4. The summed E-state index contributed by atoms with van der Waals surface area (Å²) in [6.45, 7) is 0.132. The van der Waals surface area contributed by atoms with Gasteiger partial charge >= 0.3 is 18.0 Å². The van der Waals surface area contributed by atoms with Crippen LogP contribution in [0.4, 0.5) is 16.2 Å². The quantitative estimate of drug-likeness (QED) is 0.590. The van der Waals surface area contributed by atoms with E-state index in [9.17, 15) is 19.6 Å². The molecule has 2 heterocycles. The Morgan fingerprint density at radius 2 is 1.79 bits per heavy atom. The molecule has 34 heavy (non-hydrogen) atoms. The third-order valence-electron chi connectivity index (χ3n) is 5.68. The van der Waals surface area contributed by atoms with Crippen molar-refractivity contribution in [2.75, 3.05) is 24.4 Å². The highest BCUT2D eigenvalue weighted by Gasteiger charge is 2.43. The molecular formula is C24H21N5O5. The van der Waals surface area contributed by atoms with Gasteiger partial charge in [-0.15, -0.1) is 0 Å². The normalized spacial score (nSPS) is 17.3. The highest BCUT2D eigenvalue weighted by Crippen LogP contribution is 2.44. The predicted octanol–water partition coefficient (Wildman–Crippen LogP) is 2.22. The molecule has 0 aliphatic carbocycles. The first kappa shape index (κ1) is 22.4. The van der Waals surface area contributed by atoms with Crippen molar-refractivity contribution in [2.24, 2.45) is 5.73 Å². The number of methoxy groups -OCH3 is 2. The number of nitrogens with zero attached hydrogens (tertiary/aromatic N) is 2. The predicted molar refractivity (Wildman–Crippen MR) is 122 cm³/mol. The van der Waals surface area contributed by atoms with Gasteiger partial charge in [0.25, 0.3) is 0 Å². The largest absolute Gasteiger partial charge is 0.466 e. The van der Waals surface area contributed by atoms with Crippen molar-refractivity contribution in [3.8, 4) is 6.07 Å². The third-order valence-corrected chi connectivity index (χ3v) is 5.68. The second kappa shape index (κ2) is 8.99. The van der Waals surface area contributed by atoms with Crippen LogP contribution in [0.1, 0.15) is 17.0 Å². The topological polar surface area (TPSA) is 147 Å². The van der Waals surface area contributed by atoms with Crippen LogP contribution in [0.5, 0.6) is 0 Å². The highest BCUT2D eigenvalue weighted by atomic mass is 16.5.